The van der Waals surface area contributed by atoms with Crippen LogP contribution in [0.4, 0.5) is 11.8 Å². The number of nitrogens with zero attached hydrogens (tertiary/aromatic N) is 4. The van der Waals surface area contributed by atoms with Crippen LogP contribution in [0.5, 0.6) is 0 Å². The van der Waals surface area contributed by atoms with Gasteiger partial charge in [-0.1, -0.05) is 43.2 Å². The van der Waals surface area contributed by atoms with Crippen molar-refractivity contribution in [2.45, 2.75) is 31.6 Å². The lowest BCUT2D eigenvalue weighted by Gasteiger charge is -2.24. The highest BCUT2D eigenvalue weighted by molar-refractivity contribution is 5.53. The number of hydrogen-bond acceptors (Lipinski definition) is 5. The molecule has 6 heteroatoms. The normalized spacial score (nSPS) is 16.5. The third-order valence-electron chi connectivity index (χ3n) is 5.02. The predicted octanol–water partition coefficient (Wildman–Crippen LogP) is 3.09. The predicted molar refractivity (Wildman–Crippen MR) is 94.8 cm³/mol. The van der Waals surface area contributed by atoms with Crippen LogP contribution in [0.15, 0.2) is 42.7 Å². The van der Waals surface area contributed by atoms with Crippen molar-refractivity contribution in [2.24, 2.45) is 5.92 Å². The Morgan fingerprint density at radius 1 is 1.21 bits per heavy atom. The number of fused-ring (bicyclic) bond motifs is 1. The minimum atomic E-state index is 0.400. The van der Waals surface area contributed by atoms with Crippen molar-refractivity contribution in [2.75, 3.05) is 17.6 Å². The molecule has 2 aromatic heterocycles. The highest BCUT2D eigenvalue weighted by Crippen LogP contribution is 2.37. The molecule has 3 aromatic rings. The van der Waals surface area contributed by atoms with Gasteiger partial charge in [0.15, 0.2) is 5.65 Å². The quantitative estimate of drug-likeness (QED) is 0.754. The van der Waals surface area contributed by atoms with Crippen molar-refractivity contribution >= 4 is 17.4 Å². The molecule has 1 aliphatic carbocycles. The molecule has 6 nitrogen and oxygen atoms in total. The molecule has 2 heterocycles. The molecule has 1 atom stereocenters. The Morgan fingerprint density at radius 3 is 2.79 bits per heavy atom. The average molecular weight is 322 g/mol. The van der Waals surface area contributed by atoms with Crippen LogP contribution < -0.4 is 11.1 Å². The van der Waals surface area contributed by atoms with Gasteiger partial charge in [-0.25, -0.2) is 0 Å². The second-order valence-corrected chi connectivity index (χ2v) is 6.50. The molecule has 24 heavy (non-hydrogen) atoms. The first-order valence-corrected chi connectivity index (χ1v) is 8.56. The minimum Gasteiger partial charge on any atom is -0.369 e. The highest BCUT2D eigenvalue weighted by atomic mass is 15.3. The topological polar surface area (TPSA) is 81.1 Å². The first kappa shape index (κ1) is 14.9. The summed E-state index contributed by atoms with van der Waals surface area (Å²) in [5.41, 5.74) is 8.08. The van der Waals surface area contributed by atoms with E-state index in [9.17, 15) is 0 Å². The van der Waals surface area contributed by atoms with E-state index < -0.39 is 0 Å². The van der Waals surface area contributed by atoms with E-state index >= 15 is 0 Å². The maximum Gasteiger partial charge on any atom is 0.209 e. The molecule has 1 aliphatic rings. The standard InChI is InChI=1S/C18H22N6/c19-18-22-16(10-17-23-21-12-24(17)18)20-11-15(14-8-4-5-9-14)13-6-2-1-3-7-13/h1-3,6-7,10,12,14-15,20H,4-5,8-9,11H2,(H2,19,22)/t15-/m0/s1. The van der Waals surface area contributed by atoms with Gasteiger partial charge in [-0.2, -0.15) is 4.98 Å². The molecule has 0 saturated heterocycles. The maximum atomic E-state index is 5.97. The summed E-state index contributed by atoms with van der Waals surface area (Å²) in [6.45, 7) is 0.853. The van der Waals surface area contributed by atoms with Gasteiger partial charge in [-0.05, 0) is 24.3 Å². The highest BCUT2D eigenvalue weighted by Gasteiger charge is 2.26. The SMILES string of the molecule is Nc1nc(NC[C@@H](c2ccccc2)C2CCCC2)cc2nncn12. The van der Waals surface area contributed by atoms with Crippen LogP contribution in [0, 0.1) is 5.92 Å². The first-order chi connectivity index (χ1) is 11.8. The largest absolute Gasteiger partial charge is 0.369 e. The monoisotopic (exact) mass is 322 g/mol. The van der Waals surface area contributed by atoms with Crippen molar-refractivity contribution in [3.05, 3.63) is 48.3 Å². The van der Waals surface area contributed by atoms with Gasteiger partial charge in [0.2, 0.25) is 5.95 Å². The summed E-state index contributed by atoms with van der Waals surface area (Å²) >= 11 is 0. The van der Waals surface area contributed by atoms with E-state index in [4.69, 9.17) is 5.73 Å². The van der Waals surface area contributed by atoms with E-state index in [-0.39, 0.29) is 0 Å². The van der Waals surface area contributed by atoms with Crippen LogP contribution in [0.2, 0.25) is 0 Å². The van der Waals surface area contributed by atoms with Gasteiger partial charge in [0.25, 0.3) is 0 Å². The fraction of sp³-hybridized carbons (Fsp3) is 0.389. The van der Waals surface area contributed by atoms with Crippen LogP contribution in [-0.4, -0.2) is 26.1 Å². The first-order valence-electron chi connectivity index (χ1n) is 8.56. The van der Waals surface area contributed by atoms with Gasteiger partial charge in [-0.15, -0.1) is 10.2 Å². The van der Waals surface area contributed by atoms with Gasteiger partial charge >= 0.3 is 0 Å². The molecule has 3 N–H and O–H groups in total. The average Bonchev–Trinajstić information content (AvgIpc) is 3.28. The minimum absolute atomic E-state index is 0.400. The molecule has 124 valence electrons. The number of aromatic nitrogens is 4. The molecule has 0 spiro atoms. The number of hydrogen-bond donors (Lipinski definition) is 2. The Balaban J connectivity index is 1.55. The van der Waals surface area contributed by atoms with E-state index in [0.717, 1.165) is 18.3 Å². The lowest BCUT2D eigenvalue weighted by molar-refractivity contribution is 0.448. The smallest absolute Gasteiger partial charge is 0.209 e. The molecule has 0 amide bonds. The van der Waals surface area contributed by atoms with Gasteiger partial charge in [-0.3, -0.25) is 4.40 Å². The van der Waals surface area contributed by atoms with Crippen LogP contribution in [-0.2, 0) is 0 Å². The Bertz CT molecular complexity index is 807. The van der Waals surface area contributed by atoms with Gasteiger partial charge < -0.3 is 11.1 Å². The lowest BCUT2D eigenvalue weighted by atomic mass is 9.85. The summed E-state index contributed by atoms with van der Waals surface area (Å²) in [7, 11) is 0. The second-order valence-electron chi connectivity index (χ2n) is 6.50. The molecular weight excluding hydrogens is 300 g/mol. The Kier molecular flexibility index (Phi) is 4.02. The summed E-state index contributed by atoms with van der Waals surface area (Å²) in [6, 6.07) is 12.7. The molecule has 4 rings (SSSR count). The number of nitrogens with two attached hydrogens (primary N) is 1. The number of anilines is 2. The zero-order valence-corrected chi connectivity index (χ0v) is 13.6. The summed E-state index contributed by atoms with van der Waals surface area (Å²) in [6.07, 6.45) is 6.86. The third-order valence-corrected chi connectivity index (χ3v) is 5.02. The molecule has 0 bridgehead atoms. The molecule has 1 saturated carbocycles. The lowest BCUT2D eigenvalue weighted by Crippen LogP contribution is -2.20. The van der Waals surface area contributed by atoms with Crippen molar-refractivity contribution in [3.8, 4) is 0 Å². The Hall–Kier alpha value is -2.63. The molecule has 0 radical (unpaired) electrons. The zero-order valence-electron chi connectivity index (χ0n) is 13.6. The fourth-order valence-corrected chi connectivity index (χ4v) is 3.77. The third kappa shape index (κ3) is 2.91. The zero-order chi connectivity index (χ0) is 16.4. The van der Waals surface area contributed by atoms with Crippen molar-refractivity contribution < 1.29 is 0 Å². The van der Waals surface area contributed by atoms with Crippen LogP contribution in [0.25, 0.3) is 5.65 Å². The van der Waals surface area contributed by atoms with Gasteiger partial charge in [0.05, 0.1) is 0 Å². The number of benzene rings is 1. The van der Waals surface area contributed by atoms with Crippen LogP contribution in [0.1, 0.15) is 37.2 Å². The maximum absolute atomic E-state index is 5.97. The van der Waals surface area contributed by atoms with E-state index in [2.05, 4.69) is 50.8 Å². The molecule has 0 unspecified atom stereocenters. The Labute approximate surface area is 141 Å². The molecule has 1 fully saturated rings. The van der Waals surface area contributed by atoms with E-state index in [1.165, 1.54) is 31.2 Å². The van der Waals surface area contributed by atoms with Crippen molar-refractivity contribution in [1.82, 2.24) is 19.6 Å². The van der Waals surface area contributed by atoms with Gasteiger partial charge in [0.1, 0.15) is 12.1 Å². The number of rotatable bonds is 5. The Morgan fingerprint density at radius 2 is 2.00 bits per heavy atom. The van der Waals surface area contributed by atoms with Crippen LogP contribution >= 0.6 is 0 Å². The summed E-state index contributed by atoms with van der Waals surface area (Å²) in [5.74, 6) is 2.38. The fourth-order valence-electron chi connectivity index (χ4n) is 3.77. The summed E-state index contributed by atoms with van der Waals surface area (Å²) < 4.78 is 1.68. The van der Waals surface area contributed by atoms with Gasteiger partial charge in [0, 0.05) is 18.5 Å². The van der Waals surface area contributed by atoms with Crippen molar-refractivity contribution in [1.29, 1.82) is 0 Å². The van der Waals surface area contributed by atoms with E-state index in [0.29, 0.717) is 17.5 Å². The van der Waals surface area contributed by atoms with E-state index in [1.54, 1.807) is 10.7 Å². The molecule has 0 aliphatic heterocycles. The summed E-state index contributed by atoms with van der Waals surface area (Å²) in [5, 5.41) is 11.4. The van der Waals surface area contributed by atoms with E-state index in [1.807, 2.05) is 6.07 Å². The number of nitrogen functional groups attached to an aromatic ring is 1. The summed E-state index contributed by atoms with van der Waals surface area (Å²) in [4.78, 5) is 4.42. The van der Waals surface area contributed by atoms with Crippen molar-refractivity contribution in [3.63, 3.8) is 0 Å². The second kappa shape index (κ2) is 6.47. The molecule has 1 aromatic carbocycles. The number of nitrogens with one attached hydrogen (secondary N) is 1. The van der Waals surface area contributed by atoms with Crippen LogP contribution in [0.3, 0.4) is 0 Å². The molecular formula is C18H22N6.